The molecule has 0 radical (unpaired) electrons. The van der Waals surface area contributed by atoms with Crippen LogP contribution in [-0.4, -0.2) is 46.6 Å². The number of Topliss-reactive ketones (excluding diaryl/α,β-unsaturated/α-hetero) is 1. The number of ether oxygens (including phenoxy) is 3. The number of aliphatic hydroxyl groups excluding tert-OH is 1. The van der Waals surface area contributed by atoms with Gasteiger partial charge in [-0.1, -0.05) is 17.4 Å². The molecule has 6 rings (SSSR count). The van der Waals surface area contributed by atoms with Crippen molar-refractivity contribution in [3.8, 4) is 17.2 Å². The van der Waals surface area contributed by atoms with E-state index in [0.717, 1.165) is 4.70 Å². The van der Waals surface area contributed by atoms with Crippen LogP contribution in [0.25, 0.3) is 16.0 Å². The molecule has 2 aromatic heterocycles. The molecule has 186 valence electrons. The number of benzene rings is 2. The summed E-state index contributed by atoms with van der Waals surface area (Å²) in [6, 6.07) is 12.9. The van der Waals surface area contributed by atoms with Crippen LogP contribution in [0, 0.1) is 0 Å². The molecule has 1 atom stereocenters. The smallest absolute Gasteiger partial charge is 0.301 e. The molecule has 1 amide bonds. The van der Waals surface area contributed by atoms with E-state index in [4.69, 9.17) is 14.2 Å². The first-order valence-electron chi connectivity index (χ1n) is 11.7. The van der Waals surface area contributed by atoms with Crippen molar-refractivity contribution in [2.45, 2.75) is 13.0 Å². The number of nitrogens with zero attached hydrogens (tertiary/aromatic N) is 3. The van der Waals surface area contributed by atoms with Gasteiger partial charge < -0.3 is 19.3 Å². The Kier molecular flexibility index (Phi) is 5.72. The average Bonchev–Trinajstić information content (AvgIpc) is 3.46. The van der Waals surface area contributed by atoms with Gasteiger partial charge in [0.15, 0.2) is 16.6 Å². The average molecular weight is 516 g/mol. The number of ketones is 1. The van der Waals surface area contributed by atoms with E-state index in [1.54, 1.807) is 42.7 Å². The van der Waals surface area contributed by atoms with E-state index >= 15 is 0 Å². The molecular weight excluding hydrogens is 494 g/mol. The first-order chi connectivity index (χ1) is 18.0. The number of amides is 1. The Labute approximate surface area is 215 Å². The Morgan fingerprint density at radius 1 is 1.14 bits per heavy atom. The summed E-state index contributed by atoms with van der Waals surface area (Å²) in [5, 5.41) is 11.7. The Balaban J connectivity index is 1.50. The zero-order valence-corrected chi connectivity index (χ0v) is 20.5. The first-order valence-corrected chi connectivity index (χ1v) is 12.5. The van der Waals surface area contributed by atoms with Crippen LogP contribution in [0.5, 0.6) is 17.2 Å². The van der Waals surface area contributed by atoms with Crippen LogP contribution in [0.3, 0.4) is 0 Å². The van der Waals surface area contributed by atoms with Crippen molar-refractivity contribution < 1.29 is 28.9 Å². The molecule has 2 aliphatic rings. The second-order valence-electron chi connectivity index (χ2n) is 8.37. The fraction of sp³-hybridized carbons (Fsp3) is 0.185. The largest absolute Gasteiger partial charge is 0.507 e. The third-order valence-electron chi connectivity index (χ3n) is 6.13. The Bertz CT molecular complexity index is 1570. The molecule has 10 heteroatoms. The summed E-state index contributed by atoms with van der Waals surface area (Å²) in [5.74, 6) is -0.208. The van der Waals surface area contributed by atoms with E-state index in [1.165, 1.54) is 16.2 Å². The summed E-state index contributed by atoms with van der Waals surface area (Å²) >= 11 is 1.27. The monoisotopic (exact) mass is 515 g/mol. The van der Waals surface area contributed by atoms with Gasteiger partial charge in [-0.05, 0) is 55.0 Å². The van der Waals surface area contributed by atoms with Crippen LogP contribution >= 0.6 is 11.3 Å². The van der Waals surface area contributed by atoms with E-state index in [0.29, 0.717) is 58.8 Å². The molecule has 4 heterocycles. The molecule has 9 nitrogen and oxygen atoms in total. The van der Waals surface area contributed by atoms with Gasteiger partial charge in [-0.3, -0.25) is 19.5 Å². The SMILES string of the molecule is CCOc1ccc2nc(N3C(=O)C(=O)C(=C(O)c4ccc5c(c4)OCCO5)[C@@H]3c3cccnc3)sc2c1. The third kappa shape index (κ3) is 3.95. The van der Waals surface area contributed by atoms with Crippen LogP contribution in [0.1, 0.15) is 24.1 Å². The lowest BCUT2D eigenvalue weighted by atomic mass is 9.96. The molecule has 0 aliphatic carbocycles. The van der Waals surface area contributed by atoms with E-state index in [2.05, 4.69) is 9.97 Å². The second-order valence-corrected chi connectivity index (χ2v) is 9.38. The van der Waals surface area contributed by atoms with Crippen molar-refractivity contribution in [3.63, 3.8) is 0 Å². The molecule has 0 unspecified atom stereocenters. The van der Waals surface area contributed by atoms with Gasteiger partial charge in [-0.2, -0.15) is 0 Å². The van der Waals surface area contributed by atoms with Crippen molar-refractivity contribution in [2.24, 2.45) is 0 Å². The lowest BCUT2D eigenvalue weighted by Gasteiger charge is -2.23. The number of aliphatic hydroxyl groups is 1. The number of rotatable bonds is 5. The normalized spacial score (nSPS) is 18.4. The zero-order valence-electron chi connectivity index (χ0n) is 19.7. The van der Waals surface area contributed by atoms with Gasteiger partial charge in [0.2, 0.25) is 0 Å². The molecule has 1 fully saturated rings. The van der Waals surface area contributed by atoms with Crippen LogP contribution in [0.4, 0.5) is 5.13 Å². The molecule has 1 N–H and O–H groups in total. The highest BCUT2D eigenvalue weighted by atomic mass is 32.1. The number of fused-ring (bicyclic) bond motifs is 2. The van der Waals surface area contributed by atoms with E-state index in [9.17, 15) is 14.7 Å². The molecular formula is C27H21N3O6S. The van der Waals surface area contributed by atoms with Crippen molar-refractivity contribution >= 4 is 44.1 Å². The predicted octanol–water partition coefficient (Wildman–Crippen LogP) is 4.49. The summed E-state index contributed by atoms with van der Waals surface area (Å²) in [4.78, 5) is 37.0. The maximum absolute atomic E-state index is 13.4. The minimum absolute atomic E-state index is 0.0519. The maximum atomic E-state index is 13.4. The standard InChI is InChI=1S/C27H21N3O6S/c1-2-34-17-6-7-18-21(13-17)37-27(29-18)30-23(16-4-3-9-28-14-16)22(25(32)26(30)33)24(31)15-5-8-19-20(12-15)36-11-10-35-19/h3-9,12-14,23,31H,2,10-11H2,1H3/t23-/m0/s1. The molecule has 1 saturated heterocycles. The van der Waals surface area contributed by atoms with Crippen LogP contribution in [-0.2, 0) is 9.59 Å². The number of carbonyl (C=O) groups is 2. The Morgan fingerprint density at radius 2 is 1.97 bits per heavy atom. The molecule has 4 aromatic rings. The number of hydrogen-bond donors (Lipinski definition) is 1. The van der Waals surface area contributed by atoms with E-state index in [-0.39, 0.29) is 11.3 Å². The Morgan fingerprint density at radius 3 is 2.76 bits per heavy atom. The van der Waals surface area contributed by atoms with Gasteiger partial charge in [0, 0.05) is 18.0 Å². The molecule has 0 spiro atoms. The van der Waals surface area contributed by atoms with Gasteiger partial charge in [0.25, 0.3) is 5.78 Å². The van der Waals surface area contributed by atoms with Crippen LogP contribution in [0.2, 0.25) is 0 Å². The second kappa shape index (κ2) is 9.21. The fourth-order valence-corrected chi connectivity index (χ4v) is 5.50. The van der Waals surface area contributed by atoms with E-state index in [1.807, 2.05) is 25.1 Å². The highest BCUT2D eigenvalue weighted by molar-refractivity contribution is 7.22. The van der Waals surface area contributed by atoms with Crippen molar-refractivity contribution in [2.75, 3.05) is 24.7 Å². The zero-order chi connectivity index (χ0) is 25.5. The fourth-order valence-electron chi connectivity index (χ4n) is 4.48. The quantitative estimate of drug-likeness (QED) is 0.235. The Hall–Kier alpha value is -4.44. The van der Waals surface area contributed by atoms with Crippen molar-refractivity contribution in [3.05, 3.63) is 77.6 Å². The summed E-state index contributed by atoms with van der Waals surface area (Å²) in [6.07, 6.45) is 3.17. The third-order valence-corrected chi connectivity index (χ3v) is 7.14. The molecule has 2 aliphatic heterocycles. The number of thiazole rings is 1. The highest BCUT2D eigenvalue weighted by Crippen LogP contribution is 2.45. The van der Waals surface area contributed by atoms with Gasteiger partial charge in [-0.15, -0.1) is 0 Å². The summed E-state index contributed by atoms with van der Waals surface area (Å²) in [6.45, 7) is 3.22. The van der Waals surface area contributed by atoms with Gasteiger partial charge in [-0.25, -0.2) is 4.98 Å². The van der Waals surface area contributed by atoms with Crippen LogP contribution in [0.15, 0.2) is 66.5 Å². The topological polar surface area (TPSA) is 111 Å². The minimum atomic E-state index is -0.922. The summed E-state index contributed by atoms with van der Waals surface area (Å²) in [5.41, 5.74) is 1.52. The number of pyridine rings is 1. The molecule has 0 saturated carbocycles. The summed E-state index contributed by atoms with van der Waals surface area (Å²) in [7, 11) is 0. The van der Waals surface area contributed by atoms with E-state index < -0.39 is 17.7 Å². The van der Waals surface area contributed by atoms with Crippen molar-refractivity contribution in [1.29, 1.82) is 0 Å². The number of anilines is 1. The number of hydrogen-bond acceptors (Lipinski definition) is 9. The maximum Gasteiger partial charge on any atom is 0.301 e. The minimum Gasteiger partial charge on any atom is -0.507 e. The number of aromatic nitrogens is 2. The molecule has 0 bridgehead atoms. The molecule has 37 heavy (non-hydrogen) atoms. The molecule has 2 aromatic carbocycles. The van der Waals surface area contributed by atoms with Crippen molar-refractivity contribution in [1.82, 2.24) is 9.97 Å². The van der Waals surface area contributed by atoms with Crippen LogP contribution < -0.4 is 19.1 Å². The first kappa shape index (κ1) is 23.0. The van der Waals surface area contributed by atoms with Gasteiger partial charge >= 0.3 is 5.91 Å². The summed E-state index contributed by atoms with van der Waals surface area (Å²) < 4.78 is 17.6. The van der Waals surface area contributed by atoms with Gasteiger partial charge in [0.1, 0.15) is 24.7 Å². The number of carbonyl (C=O) groups excluding carboxylic acids is 2. The predicted molar refractivity (Wildman–Crippen MR) is 137 cm³/mol. The lowest BCUT2D eigenvalue weighted by Crippen LogP contribution is -2.29. The van der Waals surface area contributed by atoms with Gasteiger partial charge in [0.05, 0.1) is 28.4 Å². The highest BCUT2D eigenvalue weighted by Gasteiger charge is 2.48. The lowest BCUT2D eigenvalue weighted by molar-refractivity contribution is -0.132.